The highest BCUT2D eigenvalue weighted by Crippen LogP contribution is 2.25. The molecule has 1 unspecified atom stereocenters. The molecule has 1 heterocycles. The van der Waals surface area contributed by atoms with Gasteiger partial charge in [0.05, 0.1) is 17.2 Å². The first-order valence-corrected chi connectivity index (χ1v) is 5.66. The maximum atomic E-state index is 11.8. The maximum Gasteiger partial charge on any atom is 0.335 e. The molecule has 0 radical (unpaired) electrons. The molecule has 96 valence electrons. The summed E-state index contributed by atoms with van der Waals surface area (Å²) in [6, 6.07) is 3.79. The van der Waals surface area contributed by atoms with E-state index in [0.717, 1.165) is 13.0 Å². The molecule has 1 amide bonds. The fourth-order valence-electron chi connectivity index (χ4n) is 1.88. The molecule has 0 saturated carbocycles. The van der Waals surface area contributed by atoms with E-state index in [4.69, 9.17) is 5.11 Å². The first-order chi connectivity index (χ1) is 8.58. The summed E-state index contributed by atoms with van der Waals surface area (Å²) in [4.78, 5) is 22.6. The molecule has 6 nitrogen and oxygen atoms in total. The van der Waals surface area contributed by atoms with Crippen molar-refractivity contribution >= 4 is 17.6 Å². The second-order valence-electron chi connectivity index (χ2n) is 4.22. The van der Waals surface area contributed by atoms with E-state index in [1.54, 1.807) is 0 Å². The number of benzene rings is 1. The number of carboxylic acids is 1. The first-order valence-electron chi connectivity index (χ1n) is 5.66. The third-order valence-corrected chi connectivity index (χ3v) is 2.93. The molecule has 0 bridgehead atoms. The molecule has 0 spiro atoms. The summed E-state index contributed by atoms with van der Waals surface area (Å²) in [5.41, 5.74) is 0.152. The molecule has 6 heteroatoms. The van der Waals surface area contributed by atoms with Gasteiger partial charge in [-0.3, -0.25) is 4.79 Å². The van der Waals surface area contributed by atoms with E-state index < -0.39 is 5.97 Å². The van der Waals surface area contributed by atoms with Crippen molar-refractivity contribution in [3.05, 3.63) is 23.8 Å². The van der Waals surface area contributed by atoms with E-state index in [2.05, 4.69) is 10.6 Å². The normalized spacial score (nSPS) is 18.6. The van der Waals surface area contributed by atoms with Crippen molar-refractivity contribution in [3.8, 4) is 5.75 Å². The van der Waals surface area contributed by atoms with Crippen LogP contribution in [0.25, 0.3) is 0 Å². The highest BCUT2D eigenvalue weighted by atomic mass is 16.4. The maximum absolute atomic E-state index is 11.8. The lowest BCUT2D eigenvalue weighted by Gasteiger charge is -2.11. The van der Waals surface area contributed by atoms with E-state index in [0.29, 0.717) is 6.54 Å². The van der Waals surface area contributed by atoms with Gasteiger partial charge >= 0.3 is 5.97 Å². The van der Waals surface area contributed by atoms with Crippen LogP contribution in [0.15, 0.2) is 18.2 Å². The summed E-state index contributed by atoms with van der Waals surface area (Å²) in [7, 11) is 0. The molecule has 2 rings (SSSR count). The van der Waals surface area contributed by atoms with Gasteiger partial charge in [0.2, 0.25) is 5.91 Å². The first kappa shape index (κ1) is 12.4. The SMILES string of the molecule is O=C(O)c1ccc(O)c(NC(=O)C2CCNC2)c1. The van der Waals surface area contributed by atoms with Crippen molar-refractivity contribution in [2.45, 2.75) is 6.42 Å². The van der Waals surface area contributed by atoms with Gasteiger partial charge in [-0.05, 0) is 31.2 Å². The Kier molecular flexibility index (Phi) is 3.47. The minimum absolute atomic E-state index is 0.0210. The molecule has 18 heavy (non-hydrogen) atoms. The van der Waals surface area contributed by atoms with Crippen LogP contribution in [0.2, 0.25) is 0 Å². The molecule has 1 aromatic rings. The van der Waals surface area contributed by atoms with Crippen molar-refractivity contribution in [1.82, 2.24) is 5.32 Å². The summed E-state index contributed by atoms with van der Waals surface area (Å²) in [5.74, 6) is -1.59. The van der Waals surface area contributed by atoms with Crippen molar-refractivity contribution in [2.75, 3.05) is 18.4 Å². The van der Waals surface area contributed by atoms with Crippen LogP contribution >= 0.6 is 0 Å². The Morgan fingerprint density at radius 2 is 2.17 bits per heavy atom. The second kappa shape index (κ2) is 5.05. The number of carbonyl (C=O) groups excluding carboxylic acids is 1. The molecule has 1 saturated heterocycles. The van der Waals surface area contributed by atoms with Crippen LogP contribution in [0.4, 0.5) is 5.69 Å². The van der Waals surface area contributed by atoms with Gasteiger partial charge in [0, 0.05) is 6.54 Å². The molecule has 1 fully saturated rings. The van der Waals surface area contributed by atoms with E-state index in [-0.39, 0.29) is 28.8 Å². The summed E-state index contributed by atoms with van der Waals surface area (Å²) < 4.78 is 0. The Morgan fingerprint density at radius 1 is 1.39 bits per heavy atom. The number of amides is 1. The van der Waals surface area contributed by atoms with Crippen LogP contribution in [0, 0.1) is 5.92 Å². The number of carbonyl (C=O) groups is 2. The summed E-state index contributed by atoms with van der Waals surface area (Å²) >= 11 is 0. The number of phenolic OH excluding ortho intramolecular Hbond substituents is 1. The third kappa shape index (κ3) is 2.60. The molecule has 0 aromatic heterocycles. The number of phenols is 1. The Hall–Kier alpha value is -2.08. The summed E-state index contributed by atoms with van der Waals surface area (Å²) in [6.07, 6.45) is 0.741. The largest absolute Gasteiger partial charge is 0.506 e. The molecule has 1 aliphatic heterocycles. The fourth-order valence-corrected chi connectivity index (χ4v) is 1.88. The lowest BCUT2D eigenvalue weighted by Crippen LogP contribution is -2.24. The fraction of sp³-hybridized carbons (Fsp3) is 0.333. The Labute approximate surface area is 104 Å². The van der Waals surface area contributed by atoms with Gasteiger partial charge in [0.15, 0.2) is 0 Å². The molecule has 4 N–H and O–H groups in total. The molecule has 1 aliphatic rings. The van der Waals surface area contributed by atoms with Gasteiger partial charge in [-0.25, -0.2) is 4.79 Å². The highest BCUT2D eigenvalue weighted by Gasteiger charge is 2.23. The number of hydrogen-bond donors (Lipinski definition) is 4. The lowest BCUT2D eigenvalue weighted by atomic mass is 10.1. The van der Waals surface area contributed by atoms with E-state index in [9.17, 15) is 14.7 Å². The van der Waals surface area contributed by atoms with E-state index >= 15 is 0 Å². The van der Waals surface area contributed by atoms with Crippen LogP contribution in [0.1, 0.15) is 16.8 Å². The van der Waals surface area contributed by atoms with Crippen LogP contribution in [0.5, 0.6) is 5.75 Å². The standard InChI is InChI=1S/C12H14N2O4/c15-10-2-1-7(12(17)18)5-9(10)14-11(16)8-3-4-13-6-8/h1-2,5,8,13,15H,3-4,6H2,(H,14,16)(H,17,18). The van der Waals surface area contributed by atoms with Crippen LogP contribution in [-0.4, -0.2) is 35.2 Å². The highest BCUT2D eigenvalue weighted by molar-refractivity contribution is 5.96. The number of aromatic hydroxyl groups is 1. The number of carboxylic acid groups (broad SMARTS) is 1. The van der Waals surface area contributed by atoms with Crippen molar-refractivity contribution in [1.29, 1.82) is 0 Å². The Morgan fingerprint density at radius 3 is 2.78 bits per heavy atom. The van der Waals surface area contributed by atoms with E-state index in [1.165, 1.54) is 18.2 Å². The quantitative estimate of drug-likeness (QED) is 0.590. The number of nitrogens with one attached hydrogen (secondary N) is 2. The van der Waals surface area contributed by atoms with Gasteiger partial charge in [-0.1, -0.05) is 0 Å². The minimum atomic E-state index is -1.10. The molecule has 1 atom stereocenters. The van der Waals surface area contributed by atoms with Gasteiger partial charge < -0.3 is 20.8 Å². The second-order valence-corrected chi connectivity index (χ2v) is 4.22. The van der Waals surface area contributed by atoms with Crippen LogP contribution in [0.3, 0.4) is 0 Å². The predicted octanol–water partition coefficient (Wildman–Crippen LogP) is 0.638. The monoisotopic (exact) mass is 250 g/mol. The minimum Gasteiger partial charge on any atom is -0.506 e. The molecule has 0 aliphatic carbocycles. The number of anilines is 1. The van der Waals surface area contributed by atoms with Crippen molar-refractivity contribution in [2.24, 2.45) is 5.92 Å². The van der Waals surface area contributed by atoms with Crippen LogP contribution in [-0.2, 0) is 4.79 Å². The number of rotatable bonds is 3. The van der Waals surface area contributed by atoms with Gasteiger partial charge in [-0.2, -0.15) is 0 Å². The van der Waals surface area contributed by atoms with Gasteiger partial charge in [0.25, 0.3) is 0 Å². The number of hydrogen-bond acceptors (Lipinski definition) is 4. The molecular formula is C12H14N2O4. The molecule has 1 aromatic carbocycles. The predicted molar refractivity (Wildman–Crippen MR) is 64.7 cm³/mol. The lowest BCUT2D eigenvalue weighted by molar-refractivity contribution is -0.119. The van der Waals surface area contributed by atoms with Gasteiger partial charge in [-0.15, -0.1) is 0 Å². The zero-order valence-corrected chi connectivity index (χ0v) is 9.64. The van der Waals surface area contributed by atoms with E-state index in [1.807, 2.05) is 0 Å². The summed E-state index contributed by atoms with van der Waals surface area (Å²) in [5, 5.41) is 24.0. The Balaban J connectivity index is 2.14. The number of aromatic carboxylic acids is 1. The average Bonchev–Trinajstić information content (AvgIpc) is 2.85. The Bertz CT molecular complexity index is 481. The summed E-state index contributed by atoms with van der Waals surface area (Å²) in [6.45, 7) is 1.39. The zero-order chi connectivity index (χ0) is 13.1. The van der Waals surface area contributed by atoms with Gasteiger partial charge in [0.1, 0.15) is 5.75 Å². The zero-order valence-electron chi connectivity index (χ0n) is 9.64. The molecular weight excluding hydrogens is 236 g/mol. The third-order valence-electron chi connectivity index (χ3n) is 2.93. The van der Waals surface area contributed by atoms with Crippen molar-refractivity contribution in [3.63, 3.8) is 0 Å². The smallest absolute Gasteiger partial charge is 0.335 e. The topological polar surface area (TPSA) is 98.7 Å². The van der Waals surface area contributed by atoms with Crippen LogP contribution < -0.4 is 10.6 Å². The average molecular weight is 250 g/mol. The van der Waals surface area contributed by atoms with Crippen molar-refractivity contribution < 1.29 is 19.8 Å².